The number of nitrogens with zero attached hydrogens (tertiary/aromatic N) is 1. The summed E-state index contributed by atoms with van der Waals surface area (Å²) < 4.78 is 13.5. The molecule has 1 aromatic rings. The fraction of sp³-hybridized carbons (Fsp3) is 0.705. The van der Waals surface area contributed by atoms with Crippen LogP contribution in [-0.4, -0.2) is 118 Å². The van der Waals surface area contributed by atoms with Gasteiger partial charge in [0.2, 0.25) is 29.5 Å². The molecule has 5 amide bonds. The van der Waals surface area contributed by atoms with Gasteiger partial charge in [-0.05, 0) is 93.4 Å². The van der Waals surface area contributed by atoms with E-state index in [0.717, 1.165) is 24.0 Å². The van der Waals surface area contributed by atoms with Crippen molar-refractivity contribution in [2.75, 3.05) is 6.54 Å². The van der Waals surface area contributed by atoms with Crippen LogP contribution in [0.15, 0.2) is 24.3 Å². The maximum Gasteiger partial charge on any atom is 0.481 e. The molecule has 0 aromatic heterocycles. The number of carbonyl (C=O) groups excluding carboxylic acids is 5. The molecule has 5 aliphatic rings. The second-order valence-electron chi connectivity index (χ2n) is 19.3. The molecule has 8 N–H and O–H groups in total. The first-order chi connectivity index (χ1) is 29.0. The van der Waals surface area contributed by atoms with Gasteiger partial charge in [0.25, 0.3) is 0 Å². The minimum Gasteiger partial charge on any atom is -0.481 e. The first-order valence-electron chi connectivity index (χ1n) is 22.1. The van der Waals surface area contributed by atoms with E-state index in [4.69, 9.17) is 20.1 Å². The van der Waals surface area contributed by atoms with Crippen LogP contribution in [0.4, 0.5) is 0 Å². The van der Waals surface area contributed by atoms with Crippen LogP contribution in [0.5, 0.6) is 0 Å². The minimum atomic E-state index is -1.51. The second kappa shape index (κ2) is 19.9. The van der Waals surface area contributed by atoms with Crippen LogP contribution in [0.3, 0.4) is 0 Å². The third kappa shape index (κ3) is 11.0. The van der Waals surface area contributed by atoms with E-state index in [1.807, 2.05) is 6.92 Å². The average Bonchev–Trinajstić information content (AvgIpc) is 3.83. The van der Waals surface area contributed by atoms with E-state index in [9.17, 15) is 38.7 Å². The number of rotatable bonds is 20. The Morgan fingerprint density at radius 3 is 2.10 bits per heavy atom. The monoisotopic (exact) mass is 866 g/mol. The third-order valence-corrected chi connectivity index (χ3v) is 13.8. The van der Waals surface area contributed by atoms with Gasteiger partial charge in [0.05, 0.1) is 30.1 Å². The van der Waals surface area contributed by atoms with Gasteiger partial charge in [0.15, 0.2) is 0 Å². The molecule has 0 spiro atoms. The van der Waals surface area contributed by atoms with Crippen LogP contribution in [0.25, 0.3) is 0 Å². The zero-order valence-corrected chi connectivity index (χ0v) is 37.4. The molecule has 2 saturated heterocycles. The van der Waals surface area contributed by atoms with E-state index >= 15 is 0 Å². The lowest BCUT2D eigenvalue weighted by Crippen LogP contribution is -2.65. The Morgan fingerprint density at radius 2 is 1.50 bits per heavy atom. The molecular weight excluding hydrogens is 799 g/mol. The highest BCUT2D eigenvalue weighted by molar-refractivity contribution is 6.48. The quantitative estimate of drug-likeness (QED) is 0.0931. The smallest absolute Gasteiger partial charge is 0.481 e. The zero-order valence-electron chi connectivity index (χ0n) is 37.4. The molecule has 10 atom stereocenters. The largest absolute Gasteiger partial charge is 0.481 e. The number of aryl methyl sites for hydroxylation is 2. The normalized spacial score (nSPS) is 26.0. The summed E-state index contributed by atoms with van der Waals surface area (Å²) in [4.78, 5) is 92.8. The van der Waals surface area contributed by atoms with Gasteiger partial charge in [-0.3, -0.25) is 33.6 Å². The zero-order chi connectivity index (χ0) is 45.8. The third-order valence-electron chi connectivity index (χ3n) is 13.8. The summed E-state index contributed by atoms with van der Waals surface area (Å²) in [5, 5.41) is 29.2. The van der Waals surface area contributed by atoms with Crippen LogP contribution in [0.1, 0.15) is 111 Å². The summed E-state index contributed by atoms with van der Waals surface area (Å²) in [6.07, 6.45) is 2.48. The second-order valence-corrected chi connectivity index (χ2v) is 19.3. The highest BCUT2D eigenvalue weighted by atomic mass is 16.7. The molecule has 0 radical (unpaired) electrons. The van der Waals surface area contributed by atoms with Gasteiger partial charge >= 0.3 is 19.1 Å². The molecule has 0 unspecified atom stereocenters. The molecule has 2 heterocycles. The molecule has 5 fully saturated rings. The maximum atomic E-state index is 14.4. The number of amides is 5. The molecule has 18 heteroatoms. The summed E-state index contributed by atoms with van der Waals surface area (Å²) in [6, 6.07) is 2.18. The Hall–Kier alpha value is -4.55. The van der Waals surface area contributed by atoms with Crippen LogP contribution in [-0.2, 0) is 49.3 Å². The van der Waals surface area contributed by atoms with E-state index in [1.165, 1.54) is 4.90 Å². The predicted octanol–water partition coefficient (Wildman–Crippen LogP) is 2.10. The van der Waals surface area contributed by atoms with Crippen LogP contribution in [0, 0.1) is 36.0 Å². The first kappa shape index (κ1) is 48.5. The van der Waals surface area contributed by atoms with E-state index in [2.05, 4.69) is 66.3 Å². The summed E-state index contributed by atoms with van der Waals surface area (Å²) in [5.41, 5.74) is 7.59. The lowest BCUT2D eigenvalue weighted by molar-refractivity contribution is -0.199. The summed E-state index contributed by atoms with van der Waals surface area (Å²) in [5.74, 6) is -6.52. The van der Waals surface area contributed by atoms with Crippen molar-refractivity contribution < 1.29 is 53.1 Å². The molecular formula is C44H67BN6O11. The van der Waals surface area contributed by atoms with Gasteiger partial charge in [0, 0.05) is 13.0 Å². The van der Waals surface area contributed by atoms with Gasteiger partial charge < -0.3 is 51.4 Å². The van der Waals surface area contributed by atoms with E-state index < -0.39 is 109 Å². The van der Waals surface area contributed by atoms with E-state index in [1.54, 1.807) is 27.7 Å². The predicted molar refractivity (Wildman–Crippen MR) is 229 cm³/mol. The number of nitrogens with two attached hydrogens (primary N) is 1. The van der Waals surface area contributed by atoms with Crippen molar-refractivity contribution >= 4 is 48.6 Å². The summed E-state index contributed by atoms with van der Waals surface area (Å²) >= 11 is 0. The SMILES string of the molecule is Cc1ccc(CC[C@H](NC(=O)[C@H]2CCCN2C(=O)[C@@H](NC(=O)[C@@H](NC(=O)[C@H](CCC(=O)O)NC(=O)[C@@H](N)CC(=O)O)C(C)C)C(C)C)B2O[C@@H]3C[C@@H]4C[C@@H](C4(C)C)[C@]3(C)O2)cc1. The molecule has 3 saturated carbocycles. The Balaban J connectivity index is 1.28. The number of hydrogen-bond acceptors (Lipinski definition) is 10. The van der Waals surface area contributed by atoms with Gasteiger partial charge in [-0.15, -0.1) is 0 Å². The molecule has 62 heavy (non-hydrogen) atoms. The minimum absolute atomic E-state index is 0.0843. The number of aliphatic carboxylic acids is 2. The number of benzene rings is 1. The van der Waals surface area contributed by atoms with Gasteiger partial charge in [0.1, 0.15) is 24.2 Å². The topological polar surface area (TPSA) is 256 Å². The van der Waals surface area contributed by atoms with Gasteiger partial charge in [-0.2, -0.15) is 0 Å². The molecule has 2 bridgehead atoms. The highest BCUT2D eigenvalue weighted by Gasteiger charge is 2.68. The van der Waals surface area contributed by atoms with Crippen molar-refractivity contribution in [2.24, 2.45) is 34.8 Å². The van der Waals surface area contributed by atoms with Crippen molar-refractivity contribution in [3.63, 3.8) is 0 Å². The van der Waals surface area contributed by atoms with Crippen molar-refractivity contribution in [2.45, 2.75) is 161 Å². The summed E-state index contributed by atoms with van der Waals surface area (Å²) in [6.45, 7) is 15.9. The fourth-order valence-corrected chi connectivity index (χ4v) is 9.83. The Bertz CT molecular complexity index is 1840. The van der Waals surface area contributed by atoms with E-state index in [-0.39, 0.29) is 30.4 Å². The average molecular weight is 867 g/mol. The Morgan fingerprint density at radius 1 is 0.855 bits per heavy atom. The number of carbonyl (C=O) groups is 7. The molecule has 3 aliphatic carbocycles. The van der Waals surface area contributed by atoms with Crippen LogP contribution < -0.4 is 27.0 Å². The number of carboxylic acids is 2. The van der Waals surface area contributed by atoms with Gasteiger partial charge in [-0.1, -0.05) is 71.4 Å². The molecule has 6 rings (SSSR count). The molecule has 1 aromatic carbocycles. The number of hydrogen-bond donors (Lipinski definition) is 7. The van der Waals surface area contributed by atoms with Crippen molar-refractivity contribution in [1.29, 1.82) is 0 Å². The standard InChI is InChI=1S/C44H67BN6O11/c1-23(2)36(49-39(57)29(16-18-34(52)53)47-38(56)28(46)22-35(54)55)41(59)50-37(24(3)4)42(60)51-19-9-10-30(51)40(58)48-33(17-15-26-13-11-25(5)12-14-26)45-61-32-21-27-20-31(43(27,6)7)44(32,8)62-45/h11-14,23-24,27-33,36-37H,9-10,15-22,46H2,1-8H3,(H,47,56)(H,48,58)(H,49,57)(H,50,59)(H,52,53)(H,54,55)/t27-,28-,29-,30+,31-,32+,33-,36-,37-,44-/m0/s1. The van der Waals surface area contributed by atoms with E-state index in [0.29, 0.717) is 37.5 Å². The molecule has 17 nitrogen and oxygen atoms in total. The summed E-state index contributed by atoms with van der Waals surface area (Å²) in [7, 11) is -0.676. The maximum absolute atomic E-state index is 14.4. The van der Waals surface area contributed by atoms with Crippen molar-refractivity contribution in [1.82, 2.24) is 26.2 Å². The lowest BCUT2D eigenvalue weighted by atomic mass is 9.43. The molecule has 342 valence electrons. The molecule has 2 aliphatic heterocycles. The lowest BCUT2D eigenvalue weighted by Gasteiger charge is -2.64. The van der Waals surface area contributed by atoms with Crippen molar-refractivity contribution in [3.8, 4) is 0 Å². The van der Waals surface area contributed by atoms with Crippen LogP contribution in [0.2, 0.25) is 0 Å². The van der Waals surface area contributed by atoms with Crippen LogP contribution >= 0.6 is 0 Å². The highest BCUT2D eigenvalue weighted by Crippen LogP contribution is 2.65. The number of likely N-dealkylation sites (tertiary alicyclic amines) is 1. The number of nitrogens with one attached hydrogen (secondary N) is 4. The number of carboxylic acid groups (broad SMARTS) is 2. The van der Waals surface area contributed by atoms with Crippen molar-refractivity contribution in [3.05, 3.63) is 35.4 Å². The Kier molecular flexibility index (Phi) is 15.5. The fourth-order valence-electron chi connectivity index (χ4n) is 9.83. The van der Waals surface area contributed by atoms with Gasteiger partial charge in [-0.25, -0.2) is 0 Å². The Labute approximate surface area is 364 Å². The first-order valence-corrected chi connectivity index (χ1v) is 22.1.